The van der Waals surface area contributed by atoms with Crippen LogP contribution in [0.1, 0.15) is 21.5 Å². The van der Waals surface area contributed by atoms with Crippen molar-refractivity contribution in [1.82, 2.24) is 0 Å². The van der Waals surface area contributed by atoms with Crippen LogP contribution in [-0.4, -0.2) is 39.1 Å². The third-order valence-electron chi connectivity index (χ3n) is 5.61. The maximum Gasteiger partial charge on any atom is 0.255 e. The lowest BCUT2D eigenvalue weighted by Crippen LogP contribution is -3.12. The Kier molecular flexibility index (Phi) is 5.92. The fraction of sp³-hybridized carbons (Fsp3) is 0.240. The molecule has 0 aromatic heterocycles. The SMILES string of the molecule is C[NH+]1CCN(c2ccc(NC(=O)c3ccccc3Cc3ccccc3)cc2)CC1. The van der Waals surface area contributed by atoms with Gasteiger partial charge in [-0.15, -0.1) is 0 Å². The first-order chi connectivity index (χ1) is 14.2. The number of amides is 1. The molecule has 148 valence electrons. The van der Waals surface area contributed by atoms with Crippen molar-refractivity contribution < 1.29 is 9.69 Å². The average Bonchev–Trinajstić information content (AvgIpc) is 2.76. The van der Waals surface area contributed by atoms with Gasteiger partial charge in [0.1, 0.15) is 0 Å². The lowest BCUT2D eigenvalue weighted by atomic mass is 9.99. The predicted molar refractivity (Wildman–Crippen MR) is 119 cm³/mol. The number of nitrogens with one attached hydrogen (secondary N) is 2. The topological polar surface area (TPSA) is 36.8 Å². The second-order valence-electron chi connectivity index (χ2n) is 7.76. The van der Waals surface area contributed by atoms with Gasteiger partial charge in [0, 0.05) is 16.9 Å². The molecule has 4 heteroatoms. The molecule has 1 amide bonds. The van der Waals surface area contributed by atoms with Crippen molar-refractivity contribution in [1.29, 1.82) is 0 Å². The van der Waals surface area contributed by atoms with Crippen LogP contribution in [0, 0.1) is 0 Å². The van der Waals surface area contributed by atoms with Crippen LogP contribution in [0.15, 0.2) is 78.9 Å². The van der Waals surface area contributed by atoms with Gasteiger partial charge in [0.2, 0.25) is 0 Å². The van der Waals surface area contributed by atoms with E-state index in [1.165, 1.54) is 11.3 Å². The largest absolute Gasteiger partial charge is 0.360 e. The second-order valence-corrected chi connectivity index (χ2v) is 7.76. The van der Waals surface area contributed by atoms with E-state index in [1.54, 1.807) is 4.90 Å². The third-order valence-corrected chi connectivity index (χ3v) is 5.61. The average molecular weight is 387 g/mol. The van der Waals surface area contributed by atoms with Gasteiger partial charge in [0.15, 0.2) is 0 Å². The van der Waals surface area contributed by atoms with Gasteiger partial charge >= 0.3 is 0 Å². The molecular weight excluding hydrogens is 358 g/mol. The van der Waals surface area contributed by atoms with Gasteiger partial charge < -0.3 is 15.1 Å². The summed E-state index contributed by atoms with van der Waals surface area (Å²) in [5.74, 6) is -0.0625. The predicted octanol–water partition coefficient (Wildman–Crippen LogP) is 2.86. The Hall–Kier alpha value is -3.11. The molecule has 0 radical (unpaired) electrons. The number of piperazine rings is 1. The van der Waals surface area contributed by atoms with Crippen molar-refractivity contribution in [2.24, 2.45) is 0 Å². The standard InChI is InChI=1S/C25H27N3O/c1-27-15-17-28(18-16-27)23-13-11-22(12-14-23)26-25(29)24-10-6-5-9-21(24)19-20-7-3-2-4-8-20/h2-14H,15-19H2,1H3,(H,26,29)/p+1. The molecule has 4 nitrogen and oxygen atoms in total. The summed E-state index contributed by atoms with van der Waals surface area (Å²) in [6.45, 7) is 4.47. The maximum absolute atomic E-state index is 12.9. The number of rotatable bonds is 5. The van der Waals surface area contributed by atoms with E-state index in [0.717, 1.165) is 49.4 Å². The number of quaternary nitrogens is 1. The van der Waals surface area contributed by atoms with Crippen molar-refractivity contribution in [3.63, 3.8) is 0 Å². The molecule has 0 unspecified atom stereocenters. The van der Waals surface area contributed by atoms with Crippen molar-refractivity contribution >= 4 is 17.3 Å². The number of benzene rings is 3. The quantitative estimate of drug-likeness (QED) is 0.708. The Morgan fingerprint density at radius 1 is 0.897 bits per heavy atom. The van der Waals surface area contributed by atoms with Crippen molar-refractivity contribution in [3.8, 4) is 0 Å². The lowest BCUT2D eigenvalue weighted by Gasteiger charge is -2.31. The highest BCUT2D eigenvalue weighted by atomic mass is 16.1. The van der Waals surface area contributed by atoms with Gasteiger partial charge in [-0.3, -0.25) is 4.79 Å². The summed E-state index contributed by atoms with van der Waals surface area (Å²) in [4.78, 5) is 16.9. The van der Waals surface area contributed by atoms with Crippen molar-refractivity contribution in [2.45, 2.75) is 6.42 Å². The Balaban J connectivity index is 1.44. The molecule has 0 atom stereocenters. The van der Waals surface area contributed by atoms with E-state index >= 15 is 0 Å². The molecule has 0 spiro atoms. The van der Waals surface area contributed by atoms with Gasteiger partial charge in [0.25, 0.3) is 5.91 Å². The molecule has 1 saturated heterocycles. The Morgan fingerprint density at radius 3 is 2.28 bits per heavy atom. The molecule has 2 N–H and O–H groups in total. The molecule has 1 fully saturated rings. The first-order valence-electron chi connectivity index (χ1n) is 10.3. The van der Waals surface area contributed by atoms with Gasteiger partial charge in [-0.2, -0.15) is 0 Å². The third kappa shape index (κ3) is 4.84. The zero-order valence-electron chi connectivity index (χ0n) is 16.9. The highest BCUT2D eigenvalue weighted by molar-refractivity contribution is 6.05. The smallest absolute Gasteiger partial charge is 0.255 e. The number of carbonyl (C=O) groups excluding carboxylic acids is 1. The van der Waals surface area contributed by atoms with Crippen LogP contribution in [0.25, 0.3) is 0 Å². The molecule has 0 bridgehead atoms. The maximum atomic E-state index is 12.9. The first kappa shape index (κ1) is 19.2. The molecule has 1 heterocycles. The number of likely N-dealkylation sites (N-methyl/N-ethyl adjacent to an activating group) is 1. The summed E-state index contributed by atoms with van der Waals surface area (Å²) in [5.41, 5.74) is 5.01. The van der Waals surface area contributed by atoms with Crippen LogP contribution in [0.3, 0.4) is 0 Å². The molecular formula is C25H28N3O+. The second kappa shape index (κ2) is 8.93. The highest BCUT2D eigenvalue weighted by Gasteiger charge is 2.17. The number of hydrogen-bond acceptors (Lipinski definition) is 2. The number of anilines is 2. The minimum atomic E-state index is -0.0625. The van der Waals surface area contributed by atoms with Crippen LogP contribution in [0.4, 0.5) is 11.4 Å². The summed E-state index contributed by atoms with van der Waals surface area (Å²) in [5, 5.41) is 3.06. The molecule has 0 aliphatic carbocycles. The fourth-order valence-electron chi connectivity index (χ4n) is 3.81. The van der Waals surface area contributed by atoms with Gasteiger partial charge in [-0.25, -0.2) is 0 Å². The monoisotopic (exact) mass is 386 g/mol. The highest BCUT2D eigenvalue weighted by Crippen LogP contribution is 2.20. The van der Waals surface area contributed by atoms with Crippen LogP contribution in [0.2, 0.25) is 0 Å². The molecule has 4 rings (SSSR count). The minimum Gasteiger partial charge on any atom is -0.360 e. The zero-order chi connectivity index (χ0) is 20.1. The summed E-state index contributed by atoms with van der Waals surface area (Å²) >= 11 is 0. The van der Waals surface area contributed by atoms with Crippen molar-refractivity contribution in [2.75, 3.05) is 43.4 Å². The van der Waals surface area contributed by atoms with E-state index in [9.17, 15) is 4.79 Å². The van der Waals surface area contributed by atoms with Crippen molar-refractivity contribution in [3.05, 3.63) is 95.6 Å². The van der Waals surface area contributed by atoms with E-state index in [2.05, 4.69) is 41.5 Å². The Bertz CT molecular complexity index is 945. The number of nitrogens with zero attached hydrogens (tertiary/aromatic N) is 1. The van der Waals surface area contributed by atoms with Gasteiger partial charge in [-0.05, 0) is 47.9 Å². The molecule has 29 heavy (non-hydrogen) atoms. The zero-order valence-corrected chi connectivity index (χ0v) is 16.9. The molecule has 1 aliphatic heterocycles. The Morgan fingerprint density at radius 2 is 1.55 bits per heavy atom. The minimum absolute atomic E-state index is 0.0625. The molecule has 3 aromatic rings. The van der Waals surface area contributed by atoms with Crippen LogP contribution in [0.5, 0.6) is 0 Å². The summed E-state index contributed by atoms with van der Waals surface area (Å²) in [7, 11) is 2.24. The van der Waals surface area contributed by atoms with Gasteiger partial charge in [0.05, 0.1) is 33.2 Å². The van der Waals surface area contributed by atoms with E-state index in [0.29, 0.717) is 0 Å². The first-order valence-corrected chi connectivity index (χ1v) is 10.3. The molecule has 3 aromatic carbocycles. The fourth-order valence-corrected chi connectivity index (χ4v) is 3.81. The van der Waals surface area contributed by atoms with Crippen LogP contribution >= 0.6 is 0 Å². The summed E-state index contributed by atoms with van der Waals surface area (Å²) in [6.07, 6.45) is 0.745. The van der Waals surface area contributed by atoms with Crippen LogP contribution in [-0.2, 0) is 6.42 Å². The number of carbonyl (C=O) groups is 1. The Labute approximate surface area is 172 Å². The van der Waals surface area contributed by atoms with E-state index < -0.39 is 0 Å². The van der Waals surface area contributed by atoms with E-state index in [-0.39, 0.29) is 5.91 Å². The summed E-state index contributed by atoms with van der Waals surface area (Å²) < 4.78 is 0. The lowest BCUT2D eigenvalue weighted by molar-refractivity contribution is -0.880. The van der Waals surface area contributed by atoms with E-state index in [4.69, 9.17) is 0 Å². The molecule has 0 saturated carbocycles. The van der Waals surface area contributed by atoms with E-state index in [1.807, 2.05) is 54.6 Å². The van der Waals surface area contributed by atoms with Gasteiger partial charge in [-0.1, -0.05) is 48.5 Å². The summed E-state index contributed by atoms with van der Waals surface area (Å²) in [6, 6.07) is 26.3. The van der Waals surface area contributed by atoms with Crippen LogP contribution < -0.4 is 15.1 Å². The normalized spacial score (nSPS) is 14.6. The number of hydrogen-bond donors (Lipinski definition) is 2. The molecule has 1 aliphatic rings.